The number of nitriles is 1. The second-order valence-electron chi connectivity index (χ2n) is 3.23. The first-order valence-corrected chi connectivity index (χ1v) is 4.40. The van der Waals surface area contributed by atoms with Crippen molar-refractivity contribution in [1.29, 1.82) is 5.26 Å². The Morgan fingerprint density at radius 3 is 2.05 bits per heavy atom. The smallest absolute Gasteiger partial charge is 0.258 e. The summed E-state index contributed by atoms with van der Waals surface area (Å²) < 4.78 is 77.4. The maximum atomic E-state index is 13.4. The first-order chi connectivity index (χ1) is 8.62. The quantitative estimate of drug-likeness (QED) is 0.362. The highest BCUT2D eigenvalue weighted by molar-refractivity contribution is 5.46. The highest BCUT2D eigenvalue weighted by Gasteiger charge is 2.44. The summed E-state index contributed by atoms with van der Waals surface area (Å²) in [7, 11) is 0. The second-order valence-corrected chi connectivity index (χ2v) is 3.23. The molecular formula is C9H2F6N2O2. The maximum Gasteiger partial charge on any atom is 0.419 e. The van der Waals surface area contributed by atoms with Gasteiger partial charge >= 0.3 is 11.9 Å². The zero-order valence-corrected chi connectivity index (χ0v) is 8.69. The molecule has 0 saturated carbocycles. The zero-order valence-electron chi connectivity index (χ0n) is 8.69. The molecule has 0 spiro atoms. The summed E-state index contributed by atoms with van der Waals surface area (Å²) in [6.07, 6.45) is -6.79. The van der Waals surface area contributed by atoms with Crippen molar-refractivity contribution in [2.24, 2.45) is 0 Å². The third kappa shape index (κ3) is 2.44. The lowest BCUT2D eigenvalue weighted by Crippen LogP contribution is -2.17. The average Bonchev–Trinajstić information content (AvgIpc) is 2.23. The molecule has 19 heavy (non-hydrogen) atoms. The van der Waals surface area contributed by atoms with E-state index in [9.17, 15) is 36.5 Å². The van der Waals surface area contributed by atoms with Crippen molar-refractivity contribution in [3.63, 3.8) is 0 Å². The summed E-state index contributed by atoms with van der Waals surface area (Å²) >= 11 is 0. The van der Waals surface area contributed by atoms with E-state index in [4.69, 9.17) is 5.26 Å². The van der Waals surface area contributed by atoms with Crippen LogP contribution in [0, 0.1) is 38.9 Å². The predicted molar refractivity (Wildman–Crippen MR) is 47.3 cm³/mol. The van der Waals surface area contributed by atoms with Crippen LogP contribution in [0.15, 0.2) is 0 Å². The Hall–Kier alpha value is -2.31. The fraction of sp³-hybridized carbons (Fsp3) is 0.222. The SMILES string of the molecule is N#CCc1c(F)c(F)c([N+](=O)[O-])c(F)c1C(F)(F)F. The highest BCUT2D eigenvalue weighted by atomic mass is 19.4. The van der Waals surface area contributed by atoms with Crippen LogP contribution in [-0.4, -0.2) is 4.92 Å². The summed E-state index contributed by atoms with van der Waals surface area (Å²) in [6.45, 7) is 0. The first kappa shape index (κ1) is 14.7. The van der Waals surface area contributed by atoms with Crippen LogP contribution in [0.25, 0.3) is 0 Å². The van der Waals surface area contributed by atoms with Crippen molar-refractivity contribution >= 4 is 5.69 Å². The number of nitro groups is 1. The summed E-state index contributed by atoms with van der Waals surface area (Å²) in [4.78, 5) is 8.46. The third-order valence-electron chi connectivity index (χ3n) is 2.12. The van der Waals surface area contributed by atoms with E-state index >= 15 is 0 Å². The lowest BCUT2D eigenvalue weighted by atomic mass is 10.0. The van der Waals surface area contributed by atoms with Crippen LogP contribution in [0.2, 0.25) is 0 Å². The molecule has 0 aliphatic carbocycles. The molecule has 0 heterocycles. The van der Waals surface area contributed by atoms with Crippen molar-refractivity contribution < 1.29 is 31.3 Å². The zero-order chi connectivity index (χ0) is 15.0. The molecule has 0 unspecified atom stereocenters. The first-order valence-electron chi connectivity index (χ1n) is 4.40. The van der Waals surface area contributed by atoms with Crippen molar-refractivity contribution in [3.05, 3.63) is 38.7 Å². The molecule has 1 aromatic rings. The van der Waals surface area contributed by atoms with Gasteiger partial charge in [0.25, 0.3) is 0 Å². The molecule has 10 heteroatoms. The number of rotatable bonds is 2. The number of benzene rings is 1. The van der Waals surface area contributed by atoms with Gasteiger partial charge in [0.2, 0.25) is 11.6 Å². The predicted octanol–water partition coefficient (Wildman–Crippen LogP) is 3.10. The van der Waals surface area contributed by atoms with E-state index in [-0.39, 0.29) is 0 Å². The molecule has 1 aromatic carbocycles. The molecule has 0 aliphatic rings. The fourth-order valence-electron chi connectivity index (χ4n) is 1.39. The summed E-state index contributed by atoms with van der Waals surface area (Å²) in [6, 6.07) is 1.10. The maximum absolute atomic E-state index is 13.4. The van der Waals surface area contributed by atoms with Gasteiger partial charge in [0.15, 0.2) is 5.82 Å². The van der Waals surface area contributed by atoms with E-state index in [0.717, 1.165) is 6.07 Å². The molecule has 0 N–H and O–H groups in total. The van der Waals surface area contributed by atoms with Gasteiger partial charge in [-0.2, -0.15) is 27.2 Å². The minimum atomic E-state index is -5.50. The minimum Gasteiger partial charge on any atom is -0.258 e. The molecule has 4 nitrogen and oxygen atoms in total. The Morgan fingerprint density at radius 2 is 1.68 bits per heavy atom. The Balaban J connectivity index is 3.87. The minimum absolute atomic E-state index is 1.10. The molecular weight excluding hydrogens is 282 g/mol. The topological polar surface area (TPSA) is 66.9 Å². The lowest BCUT2D eigenvalue weighted by Gasteiger charge is -2.13. The van der Waals surface area contributed by atoms with Gasteiger partial charge < -0.3 is 0 Å². The number of halogens is 6. The van der Waals surface area contributed by atoms with Crippen LogP contribution in [0.3, 0.4) is 0 Å². The Labute approximate surface area is 101 Å². The van der Waals surface area contributed by atoms with Crippen LogP contribution in [0.5, 0.6) is 0 Å². The van der Waals surface area contributed by atoms with Crippen molar-refractivity contribution in [2.45, 2.75) is 12.6 Å². The molecule has 0 saturated heterocycles. The lowest BCUT2D eigenvalue weighted by molar-refractivity contribution is -0.390. The molecule has 0 atom stereocenters. The molecule has 0 amide bonds. The number of nitro benzene ring substituents is 1. The Kier molecular flexibility index (Phi) is 3.69. The number of alkyl halides is 3. The molecule has 0 radical (unpaired) electrons. The van der Waals surface area contributed by atoms with Gasteiger partial charge in [-0.3, -0.25) is 10.1 Å². The normalized spacial score (nSPS) is 11.2. The van der Waals surface area contributed by atoms with Crippen molar-refractivity contribution in [3.8, 4) is 6.07 Å². The monoisotopic (exact) mass is 284 g/mol. The summed E-state index contributed by atoms with van der Waals surface area (Å²) in [5.74, 6) is -7.19. The molecule has 0 fully saturated rings. The molecule has 102 valence electrons. The van der Waals surface area contributed by atoms with E-state index in [1.807, 2.05) is 0 Å². The van der Waals surface area contributed by atoms with E-state index in [0.29, 0.717) is 0 Å². The van der Waals surface area contributed by atoms with Crippen molar-refractivity contribution in [2.75, 3.05) is 0 Å². The van der Waals surface area contributed by atoms with E-state index in [1.54, 1.807) is 0 Å². The fourth-order valence-corrected chi connectivity index (χ4v) is 1.39. The standard InChI is InChI=1S/C9H2F6N2O2/c10-5-3(1-2-16)4(9(13,14)15)6(11)8(7(5)12)17(18)19/h1H2. The molecule has 0 bridgehead atoms. The number of hydrogen-bond donors (Lipinski definition) is 0. The molecule has 0 aliphatic heterocycles. The number of nitrogens with zero attached hydrogens (tertiary/aromatic N) is 2. The van der Waals surface area contributed by atoms with Gasteiger partial charge in [-0.15, -0.1) is 0 Å². The van der Waals surface area contributed by atoms with Crippen LogP contribution < -0.4 is 0 Å². The Morgan fingerprint density at radius 1 is 1.16 bits per heavy atom. The summed E-state index contributed by atoms with van der Waals surface area (Å²) in [5.41, 5.74) is -6.19. The molecule has 0 aromatic heterocycles. The Bertz CT molecular complexity index is 590. The van der Waals surface area contributed by atoms with Crippen LogP contribution in [0.1, 0.15) is 11.1 Å². The van der Waals surface area contributed by atoms with Gasteiger partial charge in [0, 0.05) is 5.56 Å². The number of hydrogen-bond acceptors (Lipinski definition) is 3. The van der Waals surface area contributed by atoms with E-state index in [1.165, 1.54) is 0 Å². The van der Waals surface area contributed by atoms with Gasteiger partial charge in [-0.1, -0.05) is 0 Å². The van der Waals surface area contributed by atoms with E-state index in [2.05, 4.69) is 0 Å². The van der Waals surface area contributed by atoms with Crippen LogP contribution in [-0.2, 0) is 12.6 Å². The highest BCUT2D eigenvalue weighted by Crippen LogP contribution is 2.40. The van der Waals surface area contributed by atoms with Gasteiger partial charge in [0.1, 0.15) is 5.56 Å². The van der Waals surface area contributed by atoms with Crippen LogP contribution in [0.4, 0.5) is 32.0 Å². The summed E-state index contributed by atoms with van der Waals surface area (Å²) in [5, 5.41) is 18.5. The van der Waals surface area contributed by atoms with Gasteiger partial charge in [0.05, 0.1) is 17.4 Å². The van der Waals surface area contributed by atoms with Crippen LogP contribution >= 0.6 is 0 Å². The average molecular weight is 284 g/mol. The second kappa shape index (κ2) is 4.75. The van der Waals surface area contributed by atoms with Gasteiger partial charge in [-0.05, 0) is 0 Å². The largest absolute Gasteiger partial charge is 0.419 e. The van der Waals surface area contributed by atoms with Crippen molar-refractivity contribution in [1.82, 2.24) is 0 Å². The molecule has 1 rings (SSSR count). The van der Waals surface area contributed by atoms with Gasteiger partial charge in [-0.25, -0.2) is 4.39 Å². The van der Waals surface area contributed by atoms with E-state index < -0.39 is 51.8 Å². The third-order valence-corrected chi connectivity index (χ3v) is 2.12.